The van der Waals surface area contributed by atoms with Crippen LogP contribution in [0.4, 0.5) is 0 Å². The van der Waals surface area contributed by atoms with Gasteiger partial charge in [-0.2, -0.15) is 0 Å². The van der Waals surface area contributed by atoms with Crippen LogP contribution < -0.4 is 10.1 Å². The Labute approximate surface area is 171 Å². The molecule has 0 aliphatic carbocycles. The van der Waals surface area contributed by atoms with E-state index >= 15 is 0 Å². The lowest BCUT2D eigenvalue weighted by Crippen LogP contribution is -2.28. The maximum atomic E-state index is 12.2. The van der Waals surface area contributed by atoms with Crippen LogP contribution in [0.25, 0.3) is 21.3 Å². The Morgan fingerprint density at radius 2 is 1.86 bits per heavy atom. The maximum absolute atomic E-state index is 12.2. The van der Waals surface area contributed by atoms with Gasteiger partial charge < -0.3 is 10.1 Å². The van der Waals surface area contributed by atoms with E-state index in [1.165, 1.54) is 17.7 Å². The lowest BCUT2D eigenvalue weighted by molar-refractivity contribution is -0.123. The Kier molecular flexibility index (Phi) is 5.50. The average molecular weight is 410 g/mol. The average Bonchev–Trinajstić information content (AvgIpc) is 3.17. The highest BCUT2D eigenvalue weighted by Crippen LogP contribution is 2.37. The van der Waals surface area contributed by atoms with Gasteiger partial charge in [-0.25, -0.2) is 9.97 Å². The van der Waals surface area contributed by atoms with Crippen LogP contribution in [0.5, 0.6) is 5.88 Å². The van der Waals surface area contributed by atoms with Crippen molar-refractivity contribution in [1.82, 2.24) is 15.3 Å². The molecule has 2 heterocycles. The molecule has 140 valence electrons. The fourth-order valence-electron chi connectivity index (χ4n) is 2.78. The first kappa shape index (κ1) is 18.4. The van der Waals surface area contributed by atoms with Crippen molar-refractivity contribution < 1.29 is 9.53 Å². The molecule has 0 spiro atoms. The molecule has 4 rings (SSSR count). The van der Waals surface area contributed by atoms with E-state index in [2.05, 4.69) is 15.3 Å². The van der Waals surface area contributed by atoms with Crippen LogP contribution in [-0.2, 0) is 11.3 Å². The third-order valence-electron chi connectivity index (χ3n) is 4.16. The van der Waals surface area contributed by atoms with Crippen LogP contribution in [0.3, 0.4) is 0 Å². The fourth-order valence-corrected chi connectivity index (χ4v) is 3.81. The Bertz CT molecular complexity index is 1100. The van der Waals surface area contributed by atoms with Gasteiger partial charge in [-0.1, -0.05) is 54.1 Å². The molecular weight excluding hydrogens is 394 g/mol. The van der Waals surface area contributed by atoms with E-state index in [0.717, 1.165) is 26.9 Å². The summed E-state index contributed by atoms with van der Waals surface area (Å²) in [6, 6.07) is 17.3. The maximum Gasteiger partial charge on any atom is 0.258 e. The number of rotatable bonds is 6. The summed E-state index contributed by atoms with van der Waals surface area (Å²) in [5.74, 6) is 0.185. The predicted molar refractivity (Wildman–Crippen MR) is 112 cm³/mol. The van der Waals surface area contributed by atoms with Crippen LogP contribution in [0.15, 0.2) is 66.3 Å². The zero-order valence-corrected chi connectivity index (χ0v) is 16.3. The molecule has 2 aromatic carbocycles. The lowest BCUT2D eigenvalue weighted by Gasteiger charge is -2.09. The predicted octanol–water partition coefficient (Wildman–Crippen LogP) is 4.71. The van der Waals surface area contributed by atoms with Crippen molar-refractivity contribution in [2.45, 2.75) is 6.54 Å². The number of benzene rings is 2. The van der Waals surface area contributed by atoms with Gasteiger partial charge in [-0.3, -0.25) is 4.79 Å². The van der Waals surface area contributed by atoms with Crippen LogP contribution in [-0.4, -0.2) is 22.5 Å². The minimum atomic E-state index is -0.224. The fraction of sp³-hybridized carbons (Fsp3) is 0.0952. The van der Waals surface area contributed by atoms with Gasteiger partial charge in [0.1, 0.15) is 11.2 Å². The molecule has 0 aliphatic heterocycles. The third-order valence-corrected chi connectivity index (χ3v) is 5.30. The highest BCUT2D eigenvalue weighted by atomic mass is 35.5. The van der Waals surface area contributed by atoms with Gasteiger partial charge in [0.15, 0.2) is 6.61 Å². The standard InChI is InChI=1S/C21H16ClN3O2S/c22-16-8-6-14(7-9-16)10-23-18(26)11-27-20-19-17(15-4-2-1-3-5-15)12-28-21(19)25-13-24-20/h1-9,12-13H,10-11H2,(H,23,26). The van der Waals surface area contributed by atoms with Crippen molar-refractivity contribution >= 4 is 39.1 Å². The number of hydrogen-bond acceptors (Lipinski definition) is 5. The van der Waals surface area contributed by atoms with E-state index in [0.29, 0.717) is 17.4 Å². The zero-order chi connectivity index (χ0) is 19.3. The van der Waals surface area contributed by atoms with E-state index < -0.39 is 0 Å². The number of ether oxygens (including phenoxy) is 1. The zero-order valence-electron chi connectivity index (χ0n) is 14.8. The number of carbonyl (C=O) groups excluding carboxylic acids is 1. The summed E-state index contributed by atoms with van der Waals surface area (Å²) in [4.78, 5) is 21.6. The van der Waals surface area contributed by atoms with Gasteiger partial charge >= 0.3 is 0 Å². The summed E-state index contributed by atoms with van der Waals surface area (Å²) in [6.07, 6.45) is 1.45. The van der Waals surface area contributed by atoms with Crippen molar-refractivity contribution in [3.05, 3.63) is 76.9 Å². The van der Waals surface area contributed by atoms with Gasteiger partial charge in [0.25, 0.3) is 5.91 Å². The van der Waals surface area contributed by atoms with Gasteiger partial charge in [-0.05, 0) is 23.3 Å². The van der Waals surface area contributed by atoms with Gasteiger partial charge in [0.2, 0.25) is 5.88 Å². The number of aromatic nitrogens is 2. The lowest BCUT2D eigenvalue weighted by atomic mass is 10.1. The van der Waals surface area contributed by atoms with Gasteiger partial charge in [0.05, 0.1) is 5.39 Å². The van der Waals surface area contributed by atoms with Gasteiger partial charge in [-0.15, -0.1) is 11.3 Å². The first-order chi connectivity index (χ1) is 13.7. The molecular formula is C21H16ClN3O2S. The second-order valence-electron chi connectivity index (χ2n) is 6.07. The van der Waals surface area contributed by atoms with E-state index in [-0.39, 0.29) is 12.5 Å². The van der Waals surface area contributed by atoms with Crippen LogP contribution in [0, 0.1) is 0 Å². The molecule has 4 aromatic rings. The number of nitrogens with one attached hydrogen (secondary N) is 1. The highest BCUT2D eigenvalue weighted by molar-refractivity contribution is 7.17. The van der Waals surface area contributed by atoms with Gasteiger partial charge in [0, 0.05) is 22.5 Å². The van der Waals surface area contributed by atoms with Crippen molar-refractivity contribution in [1.29, 1.82) is 0 Å². The molecule has 7 heteroatoms. The topological polar surface area (TPSA) is 64.1 Å². The minimum Gasteiger partial charge on any atom is -0.467 e. The molecule has 28 heavy (non-hydrogen) atoms. The van der Waals surface area contributed by atoms with E-state index in [4.69, 9.17) is 16.3 Å². The number of hydrogen-bond donors (Lipinski definition) is 1. The molecule has 0 saturated heterocycles. The normalized spacial score (nSPS) is 10.8. The minimum absolute atomic E-state index is 0.121. The second kappa shape index (κ2) is 8.37. The molecule has 0 unspecified atom stereocenters. The van der Waals surface area contributed by atoms with E-state index in [1.54, 1.807) is 12.1 Å². The largest absolute Gasteiger partial charge is 0.467 e. The summed E-state index contributed by atoms with van der Waals surface area (Å²) in [5.41, 5.74) is 3.02. The summed E-state index contributed by atoms with van der Waals surface area (Å²) >= 11 is 7.39. The molecule has 0 atom stereocenters. The van der Waals surface area contributed by atoms with E-state index in [9.17, 15) is 4.79 Å². The first-order valence-electron chi connectivity index (χ1n) is 8.62. The van der Waals surface area contributed by atoms with E-state index in [1.807, 2.05) is 47.8 Å². The van der Waals surface area contributed by atoms with Crippen molar-refractivity contribution in [2.24, 2.45) is 0 Å². The molecule has 0 aliphatic rings. The number of fused-ring (bicyclic) bond motifs is 1. The van der Waals surface area contributed by atoms with Crippen molar-refractivity contribution in [3.8, 4) is 17.0 Å². The molecule has 0 bridgehead atoms. The van der Waals surface area contributed by atoms with Crippen molar-refractivity contribution in [3.63, 3.8) is 0 Å². The number of nitrogens with zero attached hydrogens (tertiary/aromatic N) is 2. The van der Waals surface area contributed by atoms with Crippen LogP contribution in [0.2, 0.25) is 5.02 Å². The highest BCUT2D eigenvalue weighted by Gasteiger charge is 2.15. The molecule has 2 aromatic heterocycles. The summed E-state index contributed by atoms with van der Waals surface area (Å²) in [7, 11) is 0. The number of thiophene rings is 1. The number of amides is 1. The second-order valence-corrected chi connectivity index (χ2v) is 7.36. The number of halogens is 1. The smallest absolute Gasteiger partial charge is 0.258 e. The first-order valence-corrected chi connectivity index (χ1v) is 9.88. The Balaban J connectivity index is 1.46. The number of carbonyl (C=O) groups is 1. The third kappa shape index (κ3) is 4.13. The summed E-state index contributed by atoms with van der Waals surface area (Å²) in [6.45, 7) is 0.288. The SMILES string of the molecule is O=C(COc1ncnc2scc(-c3ccccc3)c12)NCc1ccc(Cl)cc1. The van der Waals surface area contributed by atoms with Crippen LogP contribution in [0.1, 0.15) is 5.56 Å². The quantitative estimate of drug-likeness (QED) is 0.501. The van der Waals surface area contributed by atoms with Crippen LogP contribution >= 0.6 is 22.9 Å². The molecule has 5 nitrogen and oxygen atoms in total. The molecule has 1 amide bonds. The monoisotopic (exact) mass is 409 g/mol. The Morgan fingerprint density at radius 3 is 2.64 bits per heavy atom. The Morgan fingerprint density at radius 1 is 1.07 bits per heavy atom. The molecule has 0 radical (unpaired) electrons. The summed E-state index contributed by atoms with van der Waals surface area (Å²) < 4.78 is 5.73. The van der Waals surface area contributed by atoms with Crippen molar-refractivity contribution in [2.75, 3.05) is 6.61 Å². The molecule has 0 fully saturated rings. The summed E-state index contributed by atoms with van der Waals surface area (Å²) in [5, 5.41) is 6.35. The molecule has 1 N–H and O–H groups in total. The Hall–Kier alpha value is -2.96. The molecule has 0 saturated carbocycles.